The molecule has 0 radical (unpaired) electrons. The quantitative estimate of drug-likeness (QED) is 0.0244. The van der Waals surface area contributed by atoms with Crippen molar-refractivity contribution in [2.24, 2.45) is 0 Å². The Balaban J connectivity index is 3.53. The van der Waals surface area contributed by atoms with Crippen LogP contribution >= 0.6 is 0 Å². The third-order valence-corrected chi connectivity index (χ3v) is 13.1. The Morgan fingerprint density at radius 1 is 0.439 bits per heavy atom. The minimum atomic E-state index is -0.681. The van der Waals surface area contributed by atoms with E-state index >= 15 is 0 Å². The summed E-state index contributed by atoms with van der Waals surface area (Å²) in [6, 6.07) is -0.560. The Hall–Kier alpha value is -2.18. The SMILES string of the molecule is CCCC/C=C\C/C=C\CCCCCCCC(=O)OCCCCC/C=C\C=C/CCCCCCCCC(=O)NC(CO)C(O)CCCCCCCCCCCCCCCCCCCCCC. The van der Waals surface area contributed by atoms with Crippen molar-refractivity contribution in [1.82, 2.24) is 5.32 Å². The van der Waals surface area contributed by atoms with Gasteiger partial charge in [0.15, 0.2) is 0 Å². The Morgan fingerprint density at radius 2 is 0.818 bits per heavy atom. The second-order valence-corrected chi connectivity index (χ2v) is 19.6. The van der Waals surface area contributed by atoms with E-state index in [4.69, 9.17) is 4.74 Å². The lowest BCUT2D eigenvalue weighted by atomic mass is 10.0. The second-order valence-electron chi connectivity index (χ2n) is 19.6. The van der Waals surface area contributed by atoms with Crippen LogP contribution in [0.3, 0.4) is 0 Å². The molecule has 0 aliphatic carbocycles. The summed E-state index contributed by atoms with van der Waals surface area (Å²) in [5.41, 5.74) is 0. The molecule has 0 heterocycles. The molecule has 0 aliphatic rings. The molecular formula is C60H111NO5. The van der Waals surface area contributed by atoms with Crippen molar-refractivity contribution >= 4 is 11.9 Å². The van der Waals surface area contributed by atoms with E-state index in [-0.39, 0.29) is 18.5 Å². The van der Waals surface area contributed by atoms with Gasteiger partial charge in [-0.05, 0) is 83.5 Å². The molecule has 6 heteroatoms. The highest BCUT2D eigenvalue weighted by Gasteiger charge is 2.20. The number of carbonyl (C=O) groups is 2. The fourth-order valence-electron chi connectivity index (χ4n) is 8.65. The summed E-state index contributed by atoms with van der Waals surface area (Å²) in [7, 11) is 0. The van der Waals surface area contributed by atoms with Crippen molar-refractivity contribution in [3.8, 4) is 0 Å². The number of esters is 1. The summed E-state index contributed by atoms with van der Waals surface area (Å²) >= 11 is 0. The van der Waals surface area contributed by atoms with Crippen LogP contribution in [0.1, 0.15) is 296 Å². The van der Waals surface area contributed by atoms with Crippen molar-refractivity contribution in [2.75, 3.05) is 13.2 Å². The molecule has 2 unspecified atom stereocenters. The lowest BCUT2D eigenvalue weighted by Gasteiger charge is -2.22. The van der Waals surface area contributed by atoms with Crippen LogP contribution in [0.4, 0.5) is 0 Å². The van der Waals surface area contributed by atoms with Crippen molar-refractivity contribution < 1.29 is 24.5 Å². The lowest BCUT2D eigenvalue weighted by molar-refractivity contribution is -0.143. The van der Waals surface area contributed by atoms with E-state index in [1.54, 1.807) is 0 Å². The highest BCUT2D eigenvalue weighted by molar-refractivity contribution is 5.76. The number of amides is 1. The van der Waals surface area contributed by atoms with E-state index in [2.05, 4.69) is 67.8 Å². The molecule has 0 bridgehead atoms. The molecule has 0 aromatic heterocycles. The summed E-state index contributed by atoms with van der Waals surface area (Å²) in [6.45, 7) is 4.86. The normalized spacial score (nSPS) is 13.0. The average molecular weight is 927 g/mol. The summed E-state index contributed by atoms with van der Waals surface area (Å²) in [6.07, 6.45) is 69.5. The fraction of sp³-hybridized carbons (Fsp3) is 0.833. The number of hydrogen-bond acceptors (Lipinski definition) is 5. The summed E-state index contributed by atoms with van der Waals surface area (Å²) in [5.74, 6) is -0.0933. The number of rotatable bonds is 53. The summed E-state index contributed by atoms with van der Waals surface area (Å²) < 4.78 is 5.43. The monoisotopic (exact) mass is 926 g/mol. The molecule has 6 nitrogen and oxygen atoms in total. The number of hydrogen-bond donors (Lipinski definition) is 3. The van der Waals surface area contributed by atoms with Gasteiger partial charge in [0.25, 0.3) is 0 Å². The zero-order valence-corrected chi connectivity index (χ0v) is 43.9. The molecule has 66 heavy (non-hydrogen) atoms. The Labute approximate surface area is 410 Å². The van der Waals surface area contributed by atoms with E-state index in [9.17, 15) is 19.8 Å². The maximum absolute atomic E-state index is 12.5. The zero-order chi connectivity index (χ0) is 47.9. The van der Waals surface area contributed by atoms with Crippen LogP contribution in [0.15, 0.2) is 48.6 Å². The molecule has 0 rings (SSSR count). The first-order chi connectivity index (χ1) is 32.5. The molecular weight excluding hydrogens is 815 g/mol. The first-order valence-electron chi connectivity index (χ1n) is 28.9. The van der Waals surface area contributed by atoms with Crippen LogP contribution < -0.4 is 5.32 Å². The molecule has 386 valence electrons. The molecule has 0 spiro atoms. The first kappa shape index (κ1) is 63.8. The lowest BCUT2D eigenvalue weighted by Crippen LogP contribution is -2.45. The number of aliphatic hydroxyl groups is 2. The molecule has 3 N–H and O–H groups in total. The number of carbonyl (C=O) groups excluding carboxylic acids is 2. The minimum Gasteiger partial charge on any atom is -0.466 e. The maximum Gasteiger partial charge on any atom is 0.305 e. The number of ether oxygens (including phenoxy) is 1. The van der Waals surface area contributed by atoms with Gasteiger partial charge in [0.05, 0.1) is 25.4 Å². The van der Waals surface area contributed by atoms with Crippen molar-refractivity contribution in [1.29, 1.82) is 0 Å². The Kier molecular flexibility index (Phi) is 53.6. The number of unbranched alkanes of at least 4 members (excludes halogenated alkanes) is 35. The van der Waals surface area contributed by atoms with E-state index < -0.39 is 12.1 Å². The fourth-order valence-corrected chi connectivity index (χ4v) is 8.65. The minimum absolute atomic E-state index is 0.0364. The van der Waals surface area contributed by atoms with Crippen LogP contribution in [0.5, 0.6) is 0 Å². The highest BCUT2D eigenvalue weighted by Crippen LogP contribution is 2.17. The van der Waals surface area contributed by atoms with E-state index in [0.717, 1.165) is 89.9 Å². The van der Waals surface area contributed by atoms with E-state index in [1.807, 2.05) is 0 Å². The van der Waals surface area contributed by atoms with Crippen molar-refractivity contribution in [3.63, 3.8) is 0 Å². The molecule has 0 aliphatic heterocycles. The van der Waals surface area contributed by atoms with E-state index in [1.165, 1.54) is 173 Å². The zero-order valence-electron chi connectivity index (χ0n) is 43.9. The van der Waals surface area contributed by atoms with Gasteiger partial charge in [-0.3, -0.25) is 9.59 Å². The molecule has 0 saturated carbocycles. The van der Waals surface area contributed by atoms with Gasteiger partial charge in [-0.15, -0.1) is 0 Å². The van der Waals surface area contributed by atoms with Gasteiger partial charge in [-0.1, -0.05) is 249 Å². The Bertz CT molecular complexity index is 1110. The topological polar surface area (TPSA) is 95.9 Å². The van der Waals surface area contributed by atoms with Gasteiger partial charge in [0.2, 0.25) is 5.91 Å². The van der Waals surface area contributed by atoms with Gasteiger partial charge in [-0.2, -0.15) is 0 Å². The first-order valence-corrected chi connectivity index (χ1v) is 28.9. The summed E-state index contributed by atoms with van der Waals surface area (Å²) in [4.78, 5) is 24.5. The van der Waals surface area contributed by atoms with Crippen molar-refractivity contribution in [2.45, 2.75) is 309 Å². The van der Waals surface area contributed by atoms with Crippen LogP contribution in [-0.2, 0) is 14.3 Å². The Morgan fingerprint density at radius 3 is 1.29 bits per heavy atom. The standard InChI is InChI=1S/C60H111NO5/c1-3-5-7-9-11-13-15-17-19-20-21-22-23-25-28-32-36-40-44-48-52-58(63)57(56-62)61-59(64)53-49-45-41-37-33-29-26-24-27-31-35-39-43-47-51-55-66-60(65)54-50-46-42-38-34-30-18-16-14-12-10-8-6-4-2/h10,12,16,18,24,27,31,35,57-58,62-63H,3-9,11,13-15,17,19-23,25-26,28-30,32-34,36-56H2,1-2H3,(H,61,64)/b12-10-,18-16-,27-24-,35-31-. The van der Waals surface area contributed by atoms with Crippen LogP contribution in [0, 0.1) is 0 Å². The third-order valence-electron chi connectivity index (χ3n) is 13.1. The van der Waals surface area contributed by atoms with E-state index in [0.29, 0.717) is 25.9 Å². The maximum atomic E-state index is 12.5. The van der Waals surface area contributed by atoms with Gasteiger partial charge < -0.3 is 20.3 Å². The molecule has 0 aromatic rings. The summed E-state index contributed by atoms with van der Waals surface area (Å²) in [5, 5.41) is 23.3. The molecule has 0 fully saturated rings. The molecule has 0 aromatic carbocycles. The highest BCUT2D eigenvalue weighted by atomic mass is 16.5. The second kappa shape index (κ2) is 55.4. The van der Waals surface area contributed by atoms with Crippen molar-refractivity contribution in [3.05, 3.63) is 48.6 Å². The van der Waals surface area contributed by atoms with Gasteiger partial charge in [-0.25, -0.2) is 0 Å². The smallest absolute Gasteiger partial charge is 0.305 e. The molecule has 1 amide bonds. The van der Waals surface area contributed by atoms with Gasteiger partial charge >= 0.3 is 5.97 Å². The predicted octanol–water partition coefficient (Wildman–Crippen LogP) is 17.8. The predicted molar refractivity (Wildman–Crippen MR) is 287 cm³/mol. The van der Waals surface area contributed by atoms with Crippen LogP contribution in [0.2, 0.25) is 0 Å². The average Bonchev–Trinajstić information content (AvgIpc) is 3.32. The van der Waals surface area contributed by atoms with Crippen LogP contribution in [-0.4, -0.2) is 47.4 Å². The van der Waals surface area contributed by atoms with Crippen LogP contribution in [0.25, 0.3) is 0 Å². The molecule has 0 saturated heterocycles. The molecule has 2 atom stereocenters. The number of nitrogens with one attached hydrogen (secondary N) is 1. The number of allylic oxidation sites excluding steroid dienone is 8. The number of aliphatic hydroxyl groups excluding tert-OH is 2. The van der Waals surface area contributed by atoms with Gasteiger partial charge in [0.1, 0.15) is 0 Å². The third kappa shape index (κ3) is 51.2. The van der Waals surface area contributed by atoms with Gasteiger partial charge in [0, 0.05) is 12.8 Å². The largest absolute Gasteiger partial charge is 0.466 e.